The molecule has 1 aliphatic heterocycles. The van der Waals surface area contributed by atoms with E-state index < -0.39 is 0 Å². The van der Waals surface area contributed by atoms with E-state index in [1.165, 1.54) is 25.1 Å². The molecule has 0 saturated heterocycles. The number of amidine groups is 1. The third kappa shape index (κ3) is 4.16. The average Bonchev–Trinajstić information content (AvgIpc) is 2.77. The molecule has 2 unspecified atom stereocenters. The van der Waals surface area contributed by atoms with E-state index in [-0.39, 0.29) is 0 Å². The minimum Gasteiger partial charge on any atom is -0.376 e. The Morgan fingerprint density at radius 2 is 1.95 bits per heavy atom. The molecule has 1 rings (SSSR count). The third-order valence-electron chi connectivity index (χ3n) is 4.26. The number of aliphatic imine (C=N–C) groups is 1. The first kappa shape index (κ1) is 17.4. The molecular weight excluding hydrogens is 248 g/mol. The molecule has 0 aliphatic carbocycles. The van der Waals surface area contributed by atoms with Crippen LogP contribution in [0.15, 0.2) is 17.4 Å². The van der Waals surface area contributed by atoms with E-state index >= 15 is 0 Å². The van der Waals surface area contributed by atoms with Crippen molar-refractivity contribution in [2.45, 2.75) is 59.9 Å². The zero-order valence-electron chi connectivity index (χ0n) is 14.2. The molecular formula is C17H33N2O+. The van der Waals surface area contributed by atoms with Gasteiger partial charge in [-0.05, 0) is 19.3 Å². The third-order valence-corrected chi connectivity index (χ3v) is 4.26. The lowest BCUT2D eigenvalue weighted by Crippen LogP contribution is -2.55. The highest BCUT2D eigenvalue weighted by Crippen LogP contribution is 2.29. The van der Waals surface area contributed by atoms with E-state index in [0.29, 0.717) is 17.9 Å². The number of hydrogen-bond acceptors (Lipinski definition) is 2. The lowest BCUT2D eigenvalue weighted by atomic mass is 9.97. The van der Waals surface area contributed by atoms with E-state index in [1.807, 2.05) is 6.20 Å². The van der Waals surface area contributed by atoms with Crippen LogP contribution in [0.4, 0.5) is 0 Å². The van der Waals surface area contributed by atoms with Crippen LogP contribution in [0.3, 0.4) is 0 Å². The zero-order chi connectivity index (χ0) is 15.2. The molecule has 0 bridgehead atoms. The molecule has 0 saturated carbocycles. The van der Waals surface area contributed by atoms with Crippen LogP contribution in [-0.2, 0) is 4.74 Å². The first-order valence-electron chi connectivity index (χ1n) is 8.15. The van der Waals surface area contributed by atoms with E-state index in [2.05, 4.69) is 47.9 Å². The van der Waals surface area contributed by atoms with E-state index in [0.717, 1.165) is 17.7 Å². The van der Waals surface area contributed by atoms with Crippen LogP contribution in [-0.4, -0.2) is 36.6 Å². The van der Waals surface area contributed by atoms with Crippen LogP contribution in [0, 0.1) is 11.8 Å². The highest BCUT2D eigenvalue weighted by molar-refractivity contribution is 5.80. The smallest absolute Gasteiger partial charge is 0.210 e. The number of likely N-dealkylation sites (N-methyl/N-ethyl adjacent to an activating group) is 1. The van der Waals surface area contributed by atoms with Gasteiger partial charge < -0.3 is 4.74 Å². The maximum Gasteiger partial charge on any atom is 0.210 e. The lowest BCUT2D eigenvalue weighted by Gasteiger charge is -2.38. The Kier molecular flexibility index (Phi) is 6.90. The van der Waals surface area contributed by atoms with Crippen LogP contribution < -0.4 is 0 Å². The molecule has 0 radical (unpaired) electrons. The number of hydrogen-bond donors (Lipinski definition) is 0. The summed E-state index contributed by atoms with van der Waals surface area (Å²) in [5.41, 5.74) is 0. The quantitative estimate of drug-likeness (QED) is 0.580. The Bertz CT molecular complexity index is 349. The topological polar surface area (TPSA) is 21.6 Å². The molecule has 3 heteroatoms. The Balaban J connectivity index is 2.90. The maximum absolute atomic E-state index is 5.76. The number of rotatable bonds is 9. The fourth-order valence-electron chi connectivity index (χ4n) is 3.16. The van der Waals surface area contributed by atoms with Crippen molar-refractivity contribution in [1.29, 1.82) is 0 Å². The van der Waals surface area contributed by atoms with Gasteiger partial charge in [-0.2, -0.15) is 0 Å². The van der Waals surface area contributed by atoms with Crippen molar-refractivity contribution in [3.05, 3.63) is 12.4 Å². The van der Waals surface area contributed by atoms with Gasteiger partial charge in [0.1, 0.15) is 12.2 Å². The van der Waals surface area contributed by atoms with Crippen molar-refractivity contribution in [3.8, 4) is 0 Å². The Labute approximate surface area is 125 Å². The molecule has 0 fully saturated rings. The van der Waals surface area contributed by atoms with Gasteiger partial charge in [0.15, 0.2) is 0 Å². The average molecular weight is 281 g/mol. The van der Waals surface area contributed by atoms with Gasteiger partial charge in [0, 0.05) is 13.0 Å². The molecule has 116 valence electrons. The summed E-state index contributed by atoms with van der Waals surface area (Å²) in [5, 5.41) is 0. The SMILES string of the molecule is CCCC(C)C1=NC=C[N+]1(C)[C@H](COCC)CC(C)C. The molecule has 0 N–H and O–H groups in total. The molecule has 3 nitrogen and oxygen atoms in total. The highest BCUT2D eigenvalue weighted by atomic mass is 16.5. The second kappa shape index (κ2) is 7.94. The summed E-state index contributed by atoms with van der Waals surface area (Å²) < 4.78 is 6.59. The number of quaternary nitrogens is 1. The van der Waals surface area contributed by atoms with Gasteiger partial charge in [0.2, 0.25) is 5.84 Å². The Morgan fingerprint density at radius 3 is 2.50 bits per heavy atom. The Hall–Kier alpha value is -0.670. The van der Waals surface area contributed by atoms with Crippen molar-refractivity contribution in [3.63, 3.8) is 0 Å². The molecule has 0 amide bonds. The van der Waals surface area contributed by atoms with Gasteiger partial charge in [-0.1, -0.05) is 34.1 Å². The van der Waals surface area contributed by atoms with Crippen molar-refractivity contribution in [2.75, 3.05) is 20.3 Å². The largest absolute Gasteiger partial charge is 0.376 e. The van der Waals surface area contributed by atoms with E-state index in [4.69, 9.17) is 9.73 Å². The molecule has 3 atom stereocenters. The summed E-state index contributed by atoms with van der Waals surface area (Å²) in [4.78, 5) is 4.70. The Morgan fingerprint density at radius 1 is 1.25 bits per heavy atom. The molecule has 1 aliphatic rings. The molecule has 0 aromatic carbocycles. The fourth-order valence-corrected chi connectivity index (χ4v) is 3.16. The standard InChI is InChI=1S/C17H33N2O/c1-7-9-15(5)17-18-10-11-19(17,6)16(12-14(3)4)13-20-8-2/h10-11,14-16H,7-9,12-13H2,1-6H3/q+1/t15?,16-,19?/m0/s1. The fraction of sp³-hybridized carbons (Fsp3) is 0.824. The molecule has 1 heterocycles. The van der Waals surface area contributed by atoms with Crippen LogP contribution >= 0.6 is 0 Å². The van der Waals surface area contributed by atoms with Gasteiger partial charge in [-0.25, -0.2) is 9.48 Å². The first-order chi connectivity index (χ1) is 9.45. The summed E-state index contributed by atoms with van der Waals surface area (Å²) in [6.07, 6.45) is 7.81. The zero-order valence-corrected chi connectivity index (χ0v) is 14.2. The van der Waals surface area contributed by atoms with Crippen molar-refractivity contribution >= 4 is 5.84 Å². The summed E-state index contributed by atoms with van der Waals surface area (Å²) in [5.74, 6) is 2.51. The van der Waals surface area contributed by atoms with Crippen molar-refractivity contribution in [2.24, 2.45) is 16.8 Å². The number of nitrogens with zero attached hydrogens (tertiary/aromatic N) is 2. The van der Waals surface area contributed by atoms with Gasteiger partial charge in [0.25, 0.3) is 0 Å². The van der Waals surface area contributed by atoms with Crippen LogP contribution in [0.1, 0.15) is 53.9 Å². The molecule has 0 aromatic rings. The summed E-state index contributed by atoms with van der Waals surface area (Å²) >= 11 is 0. The predicted octanol–water partition coefficient (Wildman–Crippen LogP) is 4.20. The minimum absolute atomic E-state index is 0.465. The maximum atomic E-state index is 5.76. The summed E-state index contributed by atoms with van der Waals surface area (Å²) in [6.45, 7) is 12.8. The summed E-state index contributed by atoms with van der Waals surface area (Å²) in [6, 6.07) is 0.465. The molecule has 0 spiro atoms. The minimum atomic E-state index is 0.465. The predicted molar refractivity (Wildman–Crippen MR) is 86.6 cm³/mol. The first-order valence-corrected chi connectivity index (χ1v) is 8.15. The van der Waals surface area contributed by atoms with E-state index in [1.54, 1.807) is 0 Å². The molecule has 20 heavy (non-hydrogen) atoms. The van der Waals surface area contributed by atoms with Crippen LogP contribution in [0.2, 0.25) is 0 Å². The van der Waals surface area contributed by atoms with Crippen molar-refractivity contribution < 1.29 is 9.22 Å². The normalized spacial score (nSPS) is 25.1. The van der Waals surface area contributed by atoms with Crippen LogP contribution in [0.5, 0.6) is 0 Å². The molecule has 0 aromatic heterocycles. The van der Waals surface area contributed by atoms with Gasteiger partial charge in [-0.3, -0.25) is 0 Å². The monoisotopic (exact) mass is 281 g/mol. The van der Waals surface area contributed by atoms with Crippen LogP contribution in [0.25, 0.3) is 0 Å². The highest BCUT2D eigenvalue weighted by Gasteiger charge is 2.41. The summed E-state index contributed by atoms with van der Waals surface area (Å²) in [7, 11) is 2.29. The van der Waals surface area contributed by atoms with Gasteiger partial charge >= 0.3 is 0 Å². The lowest BCUT2D eigenvalue weighted by molar-refractivity contribution is -0.798. The second-order valence-corrected chi connectivity index (χ2v) is 6.57. The second-order valence-electron chi connectivity index (χ2n) is 6.57. The van der Waals surface area contributed by atoms with Crippen molar-refractivity contribution in [1.82, 2.24) is 0 Å². The van der Waals surface area contributed by atoms with Gasteiger partial charge in [0.05, 0.1) is 25.8 Å². The van der Waals surface area contributed by atoms with E-state index in [9.17, 15) is 0 Å². The van der Waals surface area contributed by atoms with Gasteiger partial charge in [-0.15, -0.1) is 0 Å². The number of ether oxygens (including phenoxy) is 1.